The van der Waals surface area contributed by atoms with Gasteiger partial charge in [0.2, 0.25) is 11.8 Å². The maximum absolute atomic E-state index is 14.5. The first-order chi connectivity index (χ1) is 13.0. The second-order valence-electron chi connectivity index (χ2n) is 7.88. The molecule has 4 fully saturated rings. The lowest BCUT2D eigenvalue weighted by Crippen LogP contribution is -2.60. The van der Waals surface area contributed by atoms with Crippen LogP contribution in [-0.2, 0) is 9.59 Å². The number of hydrogen-bond acceptors (Lipinski definition) is 3. The van der Waals surface area contributed by atoms with Gasteiger partial charge in [0.25, 0.3) is 0 Å². The predicted molar refractivity (Wildman–Crippen MR) is 96.0 cm³/mol. The summed E-state index contributed by atoms with van der Waals surface area (Å²) in [6, 6.07) is 4.41. The topological polar surface area (TPSA) is 52.7 Å². The highest BCUT2D eigenvalue weighted by atomic mass is 19.2. The number of amides is 2. The fraction of sp³-hybridized carbons (Fsp3) is 0.600. The molecule has 4 aliphatic heterocycles. The number of carbonyl (C=O) groups is 2. The van der Waals surface area contributed by atoms with Crippen molar-refractivity contribution in [1.82, 2.24) is 15.1 Å². The van der Waals surface area contributed by atoms with Crippen molar-refractivity contribution in [1.29, 1.82) is 0 Å². The van der Waals surface area contributed by atoms with Crippen molar-refractivity contribution < 1.29 is 18.4 Å². The Morgan fingerprint density at radius 3 is 2.63 bits per heavy atom. The Kier molecular flexibility index (Phi) is 4.88. The molecule has 4 heterocycles. The summed E-state index contributed by atoms with van der Waals surface area (Å²) in [4.78, 5) is 28.2. The molecule has 1 aromatic carbocycles. The van der Waals surface area contributed by atoms with Crippen molar-refractivity contribution in [2.75, 3.05) is 26.2 Å². The molecule has 146 valence electrons. The first kappa shape index (κ1) is 18.3. The summed E-state index contributed by atoms with van der Waals surface area (Å²) in [5.41, 5.74) is 0.370. The van der Waals surface area contributed by atoms with Gasteiger partial charge in [-0.05, 0) is 43.5 Å². The van der Waals surface area contributed by atoms with E-state index in [-0.39, 0.29) is 36.2 Å². The molecule has 4 aliphatic rings. The molecule has 3 atom stereocenters. The minimum Gasteiger partial charge on any atom is -0.356 e. The Morgan fingerprint density at radius 2 is 1.93 bits per heavy atom. The van der Waals surface area contributed by atoms with Crippen LogP contribution in [0.15, 0.2) is 18.2 Å². The molecule has 2 amide bonds. The fourth-order valence-electron chi connectivity index (χ4n) is 5.27. The summed E-state index contributed by atoms with van der Waals surface area (Å²) in [5, 5.41) is 2.66. The highest BCUT2D eigenvalue weighted by Crippen LogP contribution is 2.47. The third kappa shape index (κ3) is 3.22. The molecule has 2 bridgehead atoms. The Morgan fingerprint density at radius 1 is 1.19 bits per heavy atom. The van der Waals surface area contributed by atoms with Crippen LogP contribution >= 0.6 is 0 Å². The maximum Gasteiger partial charge on any atom is 0.224 e. The van der Waals surface area contributed by atoms with Crippen LogP contribution in [0.25, 0.3) is 0 Å². The maximum atomic E-state index is 14.5. The Labute approximate surface area is 157 Å². The van der Waals surface area contributed by atoms with Gasteiger partial charge in [-0.2, -0.15) is 0 Å². The Hall–Kier alpha value is -2.02. The van der Waals surface area contributed by atoms with Crippen LogP contribution in [0, 0.1) is 17.6 Å². The lowest BCUT2D eigenvalue weighted by molar-refractivity contribution is -0.135. The zero-order chi connectivity index (χ0) is 19.1. The predicted octanol–water partition coefficient (Wildman–Crippen LogP) is 1.88. The van der Waals surface area contributed by atoms with E-state index in [1.165, 1.54) is 6.92 Å². The van der Waals surface area contributed by atoms with Gasteiger partial charge < -0.3 is 10.2 Å². The summed E-state index contributed by atoms with van der Waals surface area (Å²) in [6.07, 6.45) is 2.30. The van der Waals surface area contributed by atoms with Crippen LogP contribution in [0.5, 0.6) is 0 Å². The van der Waals surface area contributed by atoms with Gasteiger partial charge >= 0.3 is 0 Å². The van der Waals surface area contributed by atoms with E-state index in [0.717, 1.165) is 32.0 Å². The van der Waals surface area contributed by atoms with Crippen LogP contribution in [0.3, 0.4) is 0 Å². The SMILES string of the molecule is CC(=O)NCCC(=O)N1C[C@@H](c2cccc(F)c2F)[C@@H]2[C@H]1C1CCN2CC1. The molecule has 0 unspecified atom stereocenters. The third-order valence-corrected chi connectivity index (χ3v) is 6.41. The van der Waals surface area contributed by atoms with E-state index in [9.17, 15) is 18.4 Å². The number of nitrogens with one attached hydrogen (secondary N) is 1. The summed E-state index contributed by atoms with van der Waals surface area (Å²) >= 11 is 0. The first-order valence-corrected chi connectivity index (χ1v) is 9.69. The van der Waals surface area contributed by atoms with Crippen molar-refractivity contribution >= 4 is 11.8 Å². The molecule has 0 aromatic heterocycles. The second kappa shape index (κ2) is 7.19. The number of halogens is 2. The Balaban J connectivity index is 1.61. The van der Waals surface area contributed by atoms with E-state index < -0.39 is 11.6 Å². The molecule has 5 nitrogen and oxygen atoms in total. The quantitative estimate of drug-likeness (QED) is 0.872. The van der Waals surface area contributed by atoms with Crippen molar-refractivity contribution in [3.63, 3.8) is 0 Å². The summed E-state index contributed by atoms with van der Waals surface area (Å²) in [7, 11) is 0. The molecule has 5 rings (SSSR count). The zero-order valence-electron chi connectivity index (χ0n) is 15.5. The molecule has 0 saturated carbocycles. The van der Waals surface area contributed by atoms with E-state index in [1.54, 1.807) is 12.1 Å². The van der Waals surface area contributed by atoms with E-state index in [2.05, 4.69) is 10.2 Å². The van der Waals surface area contributed by atoms with Gasteiger partial charge in [-0.15, -0.1) is 0 Å². The van der Waals surface area contributed by atoms with E-state index in [0.29, 0.717) is 24.6 Å². The molecule has 1 aromatic rings. The largest absolute Gasteiger partial charge is 0.356 e. The average molecular weight is 377 g/mol. The van der Waals surface area contributed by atoms with Gasteiger partial charge in [0, 0.05) is 38.4 Å². The highest BCUT2D eigenvalue weighted by molar-refractivity contribution is 5.79. The lowest BCUT2D eigenvalue weighted by atomic mass is 9.75. The van der Waals surface area contributed by atoms with Gasteiger partial charge in [0.05, 0.1) is 6.04 Å². The van der Waals surface area contributed by atoms with Crippen LogP contribution in [0.2, 0.25) is 0 Å². The minimum absolute atomic E-state index is 0.0215. The summed E-state index contributed by atoms with van der Waals surface area (Å²) in [5.74, 6) is -1.63. The van der Waals surface area contributed by atoms with Gasteiger partial charge in [-0.25, -0.2) is 8.78 Å². The van der Waals surface area contributed by atoms with Gasteiger partial charge in [-0.1, -0.05) is 12.1 Å². The number of nitrogens with zero attached hydrogens (tertiary/aromatic N) is 2. The molecule has 0 radical (unpaired) electrons. The third-order valence-electron chi connectivity index (χ3n) is 6.41. The van der Waals surface area contributed by atoms with Crippen LogP contribution < -0.4 is 5.32 Å². The standard InChI is InChI=1S/C20H25F2N3O2/c1-12(26)23-8-5-17(27)25-11-15(14-3-2-4-16(21)18(14)22)20-19(25)13-6-9-24(20)10-7-13/h2-4,13,15,19-20H,5-11H2,1H3,(H,23,26)/t15-,19+,20+/m0/s1. The molecule has 0 spiro atoms. The molecule has 0 aliphatic carbocycles. The summed E-state index contributed by atoms with van der Waals surface area (Å²) < 4.78 is 28.4. The molecular weight excluding hydrogens is 352 g/mol. The van der Waals surface area contributed by atoms with Gasteiger partial charge in [0.15, 0.2) is 11.6 Å². The Bertz CT molecular complexity index is 749. The van der Waals surface area contributed by atoms with Crippen LogP contribution in [-0.4, -0.2) is 59.9 Å². The fourth-order valence-corrected chi connectivity index (χ4v) is 5.27. The number of carbonyl (C=O) groups excluding carboxylic acids is 2. The lowest BCUT2D eigenvalue weighted by Gasteiger charge is -2.51. The van der Waals surface area contributed by atoms with Crippen molar-refractivity contribution in [3.8, 4) is 0 Å². The van der Waals surface area contributed by atoms with E-state index in [1.807, 2.05) is 4.90 Å². The monoisotopic (exact) mass is 377 g/mol. The van der Waals surface area contributed by atoms with E-state index >= 15 is 0 Å². The van der Waals surface area contributed by atoms with Crippen LogP contribution in [0.4, 0.5) is 8.78 Å². The smallest absolute Gasteiger partial charge is 0.224 e. The number of likely N-dealkylation sites (tertiary alicyclic amines) is 1. The van der Waals surface area contributed by atoms with Crippen molar-refractivity contribution in [3.05, 3.63) is 35.4 Å². The van der Waals surface area contributed by atoms with Gasteiger partial charge in [-0.3, -0.25) is 14.5 Å². The molecule has 7 heteroatoms. The van der Waals surface area contributed by atoms with Crippen molar-refractivity contribution in [2.45, 2.75) is 44.2 Å². The molecule has 1 N–H and O–H groups in total. The molecular formula is C20H25F2N3O2. The van der Waals surface area contributed by atoms with E-state index in [4.69, 9.17) is 0 Å². The zero-order valence-corrected chi connectivity index (χ0v) is 15.5. The number of benzene rings is 1. The second-order valence-corrected chi connectivity index (χ2v) is 7.88. The van der Waals surface area contributed by atoms with Crippen molar-refractivity contribution in [2.24, 2.45) is 5.92 Å². The number of rotatable bonds is 4. The molecule has 27 heavy (non-hydrogen) atoms. The average Bonchev–Trinajstić information content (AvgIpc) is 3.07. The number of hydrogen-bond donors (Lipinski definition) is 1. The minimum atomic E-state index is -0.838. The highest BCUT2D eigenvalue weighted by Gasteiger charge is 2.54. The van der Waals surface area contributed by atoms with Gasteiger partial charge in [0.1, 0.15) is 0 Å². The number of fused-ring (bicyclic) bond motifs is 2. The summed E-state index contributed by atoms with van der Waals surface area (Å²) in [6.45, 7) is 4.03. The van der Waals surface area contributed by atoms with Crippen LogP contribution in [0.1, 0.15) is 37.7 Å². The first-order valence-electron chi connectivity index (χ1n) is 9.69. The number of piperidine rings is 3. The molecule has 4 saturated heterocycles. The normalized spacial score (nSPS) is 31.7.